The van der Waals surface area contributed by atoms with E-state index in [0.29, 0.717) is 31.4 Å². The molecule has 1 saturated heterocycles. The summed E-state index contributed by atoms with van der Waals surface area (Å²) < 4.78 is 10.7. The number of aryl methyl sites for hydroxylation is 1. The minimum atomic E-state index is -0.587. The van der Waals surface area contributed by atoms with Crippen LogP contribution >= 0.6 is 0 Å². The van der Waals surface area contributed by atoms with E-state index in [2.05, 4.69) is 10.1 Å². The van der Waals surface area contributed by atoms with E-state index in [1.807, 2.05) is 49.1 Å². The fourth-order valence-corrected chi connectivity index (χ4v) is 2.81. The second kappa shape index (κ2) is 6.12. The van der Waals surface area contributed by atoms with Crippen LogP contribution in [0.15, 0.2) is 34.9 Å². The molecular formula is C17H21N3O3. The number of ether oxygens (including phenoxy) is 1. The summed E-state index contributed by atoms with van der Waals surface area (Å²) in [4.78, 5) is 19.0. The number of aromatic nitrogens is 2. The van der Waals surface area contributed by atoms with Crippen molar-refractivity contribution in [2.75, 3.05) is 19.7 Å². The second-order valence-corrected chi connectivity index (χ2v) is 6.27. The predicted molar refractivity (Wildman–Crippen MR) is 83.8 cm³/mol. The Morgan fingerprint density at radius 1 is 1.30 bits per heavy atom. The van der Waals surface area contributed by atoms with Crippen molar-refractivity contribution in [3.8, 4) is 0 Å². The van der Waals surface area contributed by atoms with E-state index in [4.69, 9.17) is 9.26 Å². The van der Waals surface area contributed by atoms with Gasteiger partial charge in [-0.25, -0.2) is 0 Å². The van der Waals surface area contributed by atoms with Crippen LogP contribution in [0.3, 0.4) is 0 Å². The molecule has 0 unspecified atom stereocenters. The third-order valence-electron chi connectivity index (χ3n) is 4.22. The molecule has 0 aliphatic carbocycles. The van der Waals surface area contributed by atoms with Crippen LogP contribution in [-0.4, -0.2) is 40.6 Å². The molecule has 3 rings (SSSR count). The highest BCUT2D eigenvalue weighted by Crippen LogP contribution is 2.28. The Labute approximate surface area is 135 Å². The van der Waals surface area contributed by atoms with Crippen molar-refractivity contribution < 1.29 is 14.1 Å². The Balaban J connectivity index is 1.77. The number of hydrogen-bond acceptors (Lipinski definition) is 5. The third-order valence-corrected chi connectivity index (χ3v) is 4.22. The molecule has 0 radical (unpaired) electrons. The Bertz CT molecular complexity index is 681. The van der Waals surface area contributed by atoms with E-state index in [9.17, 15) is 4.79 Å². The number of rotatable bonds is 3. The van der Waals surface area contributed by atoms with Gasteiger partial charge in [-0.05, 0) is 19.4 Å². The van der Waals surface area contributed by atoms with E-state index < -0.39 is 5.41 Å². The van der Waals surface area contributed by atoms with Crippen LogP contribution in [0.2, 0.25) is 0 Å². The van der Waals surface area contributed by atoms with E-state index >= 15 is 0 Å². The normalized spacial score (nSPS) is 18.9. The van der Waals surface area contributed by atoms with Crippen molar-refractivity contribution in [3.63, 3.8) is 0 Å². The standard InChI is InChI=1S/C17H21N3O3/c1-12-18-15(19-23-12)14-11-20(9-10-22-14)16(21)17(2,3)13-7-5-4-6-8-13/h4-8,14H,9-11H2,1-3H3/t14-/m0/s1. The van der Waals surface area contributed by atoms with Gasteiger partial charge in [-0.3, -0.25) is 4.79 Å². The molecule has 6 heteroatoms. The Hall–Kier alpha value is -2.21. The molecule has 0 N–H and O–H groups in total. The van der Waals surface area contributed by atoms with Gasteiger partial charge in [0.15, 0.2) is 0 Å². The van der Waals surface area contributed by atoms with Gasteiger partial charge in [0, 0.05) is 13.5 Å². The van der Waals surface area contributed by atoms with Gasteiger partial charge in [0.1, 0.15) is 6.10 Å². The average Bonchev–Trinajstić information content (AvgIpc) is 3.01. The summed E-state index contributed by atoms with van der Waals surface area (Å²) in [7, 11) is 0. The summed E-state index contributed by atoms with van der Waals surface area (Å²) in [6.45, 7) is 7.12. The van der Waals surface area contributed by atoms with Crippen molar-refractivity contribution in [2.45, 2.75) is 32.3 Å². The van der Waals surface area contributed by atoms with Gasteiger partial charge in [0.05, 0.1) is 18.6 Å². The van der Waals surface area contributed by atoms with E-state index in [-0.39, 0.29) is 12.0 Å². The largest absolute Gasteiger partial charge is 0.366 e. The SMILES string of the molecule is Cc1nc([C@@H]2CN(C(=O)C(C)(C)c3ccccc3)CCO2)no1. The van der Waals surface area contributed by atoms with Crippen LogP contribution in [0, 0.1) is 6.92 Å². The van der Waals surface area contributed by atoms with Crippen molar-refractivity contribution in [1.29, 1.82) is 0 Å². The molecule has 0 spiro atoms. The molecule has 23 heavy (non-hydrogen) atoms. The monoisotopic (exact) mass is 315 g/mol. The number of carbonyl (C=O) groups excluding carboxylic acids is 1. The third kappa shape index (κ3) is 3.12. The van der Waals surface area contributed by atoms with Gasteiger partial charge < -0.3 is 14.2 Å². The lowest BCUT2D eigenvalue weighted by Crippen LogP contribution is -2.49. The maximum Gasteiger partial charge on any atom is 0.232 e. The highest BCUT2D eigenvalue weighted by atomic mass is 16.5. The first-order chi connectivity index (χ1) is 11.0. The lowest BCUT2D eigenvalue weighted by molar-refractivity contribution is -0.144. The number of carbonyl (C=O) groups is 1. The van der Waals surface area contributed by atoms with Gasteiger partial charge in [-0.15, -0.1) is 0 Å². The quantitative estimate of drug-likeness (QED) is 0.869. The summed E-state index contributed by atoms with van der Waals surface area (Å²) in [5.41, 5.74) is 0.416. The molecule has 1 aliphatic heterocycles. The summed E-state index contributed by atoms with van der Waals surface area (Å²) in [5, 5.41) is 3.90. The smallest absolute Gasteiger partial charge is 0.232 e. The Morgan fingerprint density at radius 2 is 2.04 bits per heavy atom. The van der Waals surface area contributed by atoms with Crippen LogP contribution in [0.25, 0.3) is 0 Å². The van der Waals surface area contributed by atoms with E-state index in [1.54, 1.807) is 6.92 Å². The van der Waals surface area contributed by atoms with Gasteiger partial charge >= 0.3 is 0 Å². The molecule has 2 heterocycles. The minimum absolute atomic E-state index is 0.0808. The van der Waals surface area contributed by atoms with Gasteiger partial charge in [-0.2, -0.15) is 4.98 Å². The molecule has 122 valence electrons. The lowest BCUT2D eigenvalue weighted by Gasteiger charge is -2.37. The second-order valence-electron chi connectivity index (χ2n) is 6.27. The zero-order valence-electron chi connectivity index (χ0n) is 13.7. The molecule has 1 fully saturated rings. The first kappa shape index (κ1) is 15.7. The first-order valence-electron chi connectivity index (χ1n) is 7.75. The molecule has 1 aromatic heterocycles. The average molecular weight is 315 g/mol. The maximum atomic E-state index is 13.0. The fourth-order valence-electron chi connectivity index (χ4n) is 2.81. The number of benzene rings is 1. The molecule has 2 aromatic rings. The molecule has 0 bridgehead atoms. The first-order valence-corrected chi connectivity index (χ1v) is 7.75. The van der Waals surface area contributed by atoms with Crippen molar-refractivity contribution in [1.82, 2.24) is 15.0 Å². The van der Waals surface area contributed by atoms with E-state index in [1.165, 1.54) is 0 Å². The molecule has 1 amide bonds. The molecule has 1 aromatic carbocycles. The van der Waals surface area contributed by atoms with Crippen molar-refractivity contribution in [2.24, 2.45) is 0 Å². The maximum absolute atomic E-state index is 13.0. The van der Waals surface area contributed by atoms with E-state index in [0.717, 1.165) is 5.56 Å². The summed E-state index contributed by atoms with van der Waals surface area (Å²) in [5.74, 6) is 1.08. The molecular weight excluding hydrogens is 294 g/mol. The lowest BCUT2D eigenvalue weighted by atomic mass is 9.83. The minimum Gasteiger partial charge on any atom is -0.366 e. The Morgan fingerprint density at radius 3 is 2.70 bits per heavy atom. The number of hydrogen-bond donors (Lipinski definition) is 0. The molecule has 1 atom stereocenters. The van der Waals surface area contributed by atoms with Crippen LogP contribution < -0.4 is 0 Å². The fraction of sp³-hybridized carbons (Fsp3) is 0.471. The van der Waals surface area contributed by atoms with Gasteiger partial charge in [-0.1, -0.05) is 35.5 Å². The van der Waals surface area contributed by atoms with Crippen LogP contribution in [0.4, 0.5) is 0 Å². The summed E-state index contributed by atoms with van der Waals surface area (Å²) >= 11 is 0. The molecule has 0 saturated carbocycles. The van der Waals surface area contributed by atoms with Gasteiger partial charge in [0.2, 0.25) is 17.6 Å². The zero-order chi connectivity index (χ0) is 16.4. The molecule has 6 nitrogen and oxygen atoms in total. The number of morpholine rings is 1. The zero-order valence-corrected chi connectivity index (χ0v) is 13.7. The molecule has 1 aliphatic rings. The summed E-state index contributed by atoms with van der Waals surface area (Å²) in [6, 6.07) is 9.83. The topological polar surface area (TPSA) is 68.5 Å². The number of amides is 1. The highest BCUT2D eigenvalue weighted by Gasteiger charge is 2.37. The van der Waals surface area contributed by atoms with Crippen LogP contribution in [0.5, 0.6) is 0 Å². The summed E-state index contributed by atoms with van der Waals surface area (Å²) in [6.07, 6.45) is -0.336. The van der Waals surface area contributed by atoms with Crippen molar-refractivity contribution >= 4 is 5.91 Å². The predicted octanol–water partition coefficient (Wildman–Crippen LogP) is 2.26. The highest BCUT2D eigenvalue weighted by molar-refractivity contribution is 5.87. The van der Waals surface area contributed by atoms with Crippen LogP contribution in [-0.2, 0) is 14.9 Å². The van der Waals surface area contributed by atoms with Crippen molar-refractivity contribution in [3.05, 3.63) is 47.6 Å². The van der Waals surface area contributed by atoms with Crippen LogP contribution in [0.1, 0.15) is 37.2 Å². The number of nitrogens with zero attached hydrogens (tertiary/aromatic N) is 3. The van der Waals surface area contributed by atoms with Gasteiger partial charge in [0.25, 0.3) is 0 Å². The Kier molecular flexibility index (Phi) is 4.17.